The van der Waals surface area contributed by atoms with Gasteiger partial charge < -0.3 is 45.6 Å². The molecule has 0 aromatic heterocycles. The van der Waals surface area contributed by atoms with Crippen LogP contribution in [0.25, 0.3) is 0 Å². The fourth-order valence-corrected chi connectivity index (χ4v) is 10.4. The van der Waals surface area contributed by atoms with Gasteiger partial charge in [0.15, 0.2) is 0 Å². The van der Waals surface area contributed by atoms with Crippen molar-refractivity contribution < 1.29 is 38.6 Å². The van der Waals surface area contributed by atoms with Gasteiger partial charge in [0.2, 0.25) is 29.5 Å². The van der Waals surface area contributed by atoms with Crippen molar-refractivity contribution in [3.05, 3.63) is 35.9 Å². The monoisotopic (exact) mass is 943 g/mol. The summed E-state index contributed by atoms with van der Waals surface area (Å²) < 4.78 is 12.2. The van der Waals surface area contributed by atoms with E-state index in [9.17, 15) is 29.1 Å². The SMILES string of the molecule is CCC(C)C(C(CC(=O)N1CCCC1C(OC)C(C)C(O)N[C@@H](Cc1ccccc1)C(=O)N1CCC[C@@H]1C(=O)NCCCCCCN)OC)N(C)C(=O)[C@@H](NC(=O)C(C(C)C)N(C)C)C(C)C. The molecule has 16 nitrogen and oxygen atoms in total. The van der Waals surface area contributed by atoms with Crippen LogP contribution in [0.2, 0.25) is 0 Å². The van der Waals surface area contributed by atoms with Gasteiger partial charge in [-0.2, -0.15) is 0 Å². The van der Waals surface area contributed by atoms with E-state index in [2.05, 4.69) is 16.0 Å². The van der Waals surface area contributed by atoms with E-state index in [1.165, 1.54) is 0 Å². The lowest BCUT2D eigenvalue weighted by atomic mass is 9.89. The number of rotatable bonds is 29. The van der Waals surface area contributed by atoms with Crippen molar-refractivity contribution in [1.82, 2.24) is 35.6 Å². The van der Waals surface area contributed by atoms with E-state index in [0.29, 0.717) is 51.9 Å². The molecular weight excluding hydrogens is 853 g/mol. The molecule has 8 unspecified atom stereocenters. The van der Waals surface area contributed by atoms with Crippen LogP contribution >= 0.6 is 0 Å². The molecule has 67 heavy (non-hydrogen) atoms. The minimum atomic E-state index is -1.20. The number of carbonyl (C=O) groups is 5. The van der Waals surface area contributed by atoms with Gasteiger partial charge in [-0.15, -0.1) is 0 Å². The number of benzene rings is 1. The van der Waals surface area contributed by atoms with E-state index in [-0.39, 0.29) is 59.8 Å². The van der Waals surface area contributed by atoms with E-state index >= 15 is 0 Å². The van der Waals surface area contributed by atoms with Crippen molar-refractivity contribution in [2.24, 2.45) is 29.4 Å². The molecule has 0 saturated carbocycles. The number of ether oxygens (including phenoxy) is 2. The highest BCUT2D eigenvalue weighted by atomic mass is 16.5. The van der Waals surface area contributed by atoms with Crippen LogP contribution in [0.5, 0.6) is 0 Å². The summed E-state index contributed by atoms with van der Waals surface area (Å²) in [5, 5.41) is 21.3. The third kappa shape index (κ3) is 16.2. The van der Waals surface area contributed by atoms with Gasteiger partial charge in [-0.1, -0.05) is 98.1 Å². The summed E-state index contributed by atoms with van der Waals surface area (Å²) in [5.41, 5.74) is 6.53. The van der Waals surface area contributed by atoms with Crippen molar-refractivity contribution in [3.63, 3.8) is 0 Å². The summed E-state index contributed by atoms with van der Waals surface area (Å²) in [7, 11) is 8.60. The molecule has 5 amide bonds. The number of hydrogen-bond donors (Lipinski definition) is 5. The lowest BCUT2D eigenvalue weighted by Crippen LogP contribution is -2.60. The number of likely N-dealkylation sites (tertiary alicyclic amines) is 2. The number of hydrogen-bond acceptors (Lipinski definition) is 11. The summed E-state index contributed by atoms with van der Waals surface area (Å²) in [6.45, 7) is 15.9. The Bertz CT molecular complexity index is 1660. The number of nitrogens with two attached hydrogens (primary N) is 1. The van der Waals surface area contributed by atoms with Gasteiger partial charge in [0.25, 0.3) is 0 Å². The van der Waals surface area contributed by atoms with Crippen LogP contribution in [0, 0.1) is 23.7 Å². The molecule has 0 radical (unpaired) electrons. The van der Waals surface area contributed by atoms with Crippen molar-refractivity contribution in [2.45, 2.75) is 174 Å². The Hall–Kier alpha value is -3.67. The second kappa shape index (κ2) is 28.7. The van der Waals surface area contributed by atoms with Gasteiger partial charge in [-0.25, -0.2) is 0 Å². The summed E-state index contributed by atoms with van der Waals surface area (Å²) >= 11 is 0. The van der Waals surface area contributed by atoms with E-state index in [1.807, 2.05) is 103 Å². The van der Waals surface area contributed by atoms with E-state index in [0.717, 1.165) is 44.1 Å². The molecule has 2 aliphatic heterocycles. The first-order valence-electron chi connectivity index (χ1n) is 25.2. The molecule has 1 aromatic carbocycles. The number of amides is 5. The quantitative estimate of drug-likeness (QED) is 0.0579. The number of likely N-dealkylation sites (N-methyl/N-ethyl adjacent to an activating group) is 2. The van der Waals surface area contributed by atoms with Gasteiger partial charge >= 0.3 is 0 Å². The largest absolute Gasteiger partial charge is 0.379 e. The van der Waals surface area contributed by atoms with Gasteiger partial charge in [-0.05, 0) is 88.9 Å². The topological polar surface area (TPSA) is 199 Å². The zero-order valence-electron chi connectivity index (χ0n) is 43.2. The fourth-order valence-electron chi connectivity index (χ4n) is 10.4. The van der Waals surface area contributed by atoms with Crippen LogP contribution < -0.4 is 21.7 Å². The highest BCUT2D eigenvalue weighted by molar-refractivity contribution is 5.91. The Morgan fingerprint density at radius 2 is 1.51 bits per heavy atom. The third-order valence-corrected chi connectivity index (χ3v) is 14.3. The van der Waals surface area contributed by atoms with Crippen molar-refractivity contribution in [2.75, 3.05) is 61.5 Å². The smallest absolute Gasteiger partial charge is 0.245 e. The summed E-state index contributed by atoms with van der Waals surface area (Å²) in [5.74, 6) is -1.77. The molecule has 2 aliphatic rings. The van der Waals surface area contributed by atoms with Crippen LogP contribution in [0.3, 0.4) is 0 Å². The second-order valence-electron chi connectivity index (χ2n) is 20.1. The first-order valence-corrected chi connectivity index (χ1v) is 25.2. The van der Waals surface area contributed by atoms with Crippen LogP contribution in [0.4, 0.5) is 0 Å². The number of nitrogens with one attached hydrogen (secondary N) is 3. The molecule has 2 heterocycles. The van der Waals surface area contributed by atoms with E-state index in [4.69, 9.17) is 15.2 Å². The first-order chi connectivity index (χ1) is 31.8. The fraction of sp³-hybridized carbons (Fsp3) is 0.784. The summed E-state index contributed by atoms with van der Waals surface area (Å²) in [6.07, 6.45) is 5.03. The van der Waals surface area contributed by atoms with Crippen molar-refractivity contribution in [3.8, 4) is 0 Å². The summed E-state index contributed by atoms with van der Waals surface area (Å²) in [6, 6.07) is 6.15. The van der Waals surface area contributed by atoms with Gasteiger partial charge in [0.05, 0.1) is 42.8 Å². The number of aliphatic hydroxyl groups is 1. The minimum absolute atomic E-state index is 0.00647. The molecule has 6 N–H and O–H groups in total. The average Bonchev–Trinajstić information content (AvgIpc) is 4.00. The van der Waals surface area contributed by atoms with E-state index < -0.39 is 54.6 Å². The Labute approximate surface area is 403 Å². The van der Waals surface area contributed by atoms with Crippen LogP contribution in [-0.4, -0.2) is 170 Å². The third-order valence-electron chi connectivity index (χ3n) is 14.3. The number of unbranched alkanes of at least 4 members (excludes halogenated alkanes) is 3. The molecule has 11 atom stereocenters. The highest BCUT2D eigenvalue weighted by Crippen LogP contribution is 2.31. The Kier molecular flexibility index (Phi) is 24.7. The lowest BCUT2D eigenvalue weighted by Gasteiger charge is -2.41. The maximum Gasteiger partial charge on any atom is 0.245 e. The number of nitrogens with zero attached hydrogens (tertiary/aromatic N) is 4. The van der Waals surface area contributed by atoms with Crippen LogP contribution in [-0.2, 0) is 39.9 Å². The van der Waals surface area contributed by atoms with Crippen LogP contribution in [0.1, 0.15) is 118 Å². The molecule has 0 aliphatic carbocycles. The highest BCUT2D eigenvalue weighted by Gasteiger charge is 2.44. The summed E-state index contributed by atoms with van der Waals surface area (Å²) in [4.78, 5) is 77.4. The normalized spacial score (nSPS) is 20.6. The van der Waals surface area contributed by atoms with Crippen molar-refractivity contribution >= 4 is 29.5 Å². The molecule has 0 spiro atoms. The number of aliphatic hydroxyl groups excluding tert-OH is 1. The number of carbonyl (C=O) groups excluding carboxylic acids is 5. The molecule has 2 fully saturated rings. The standard InChI is InChI=1S/C51H90N8O8/c1-13-35(6)45(57(10)51(65)43(33(2)3)55-49(63)44(34(4)5)56(8)9)41(66-11)32-42(60)58-29-21-25-39(58)46(67-12)36(7)47(61)54-38(31-37-23-17-16-18-24-37)50(64)59-30-22-26-40(59)48(62)53-28-20-15-14-19-27-52/h16-18,23-24,33-36,38-41,43-47,54,61H,13-15,19-22,25-32,52H2,1-12H3,(H,53,62)(H,55,63)/t35?,36?,38-,39?,40+,41?,43-,44?,45?,46?,47?/m0/s1. The molecule has 0 bridgehead atoms. The molecule has 1 aromatic rings. The Morgan fingerprint density at radius 1 is 0.866 bits per heavy atom. The van der Waals surface area contributed by atoms with Crippen LogP contribution in [0.15, 0.2) is 30.3 Å². The molecule has 3 rings (SSSR count). The molecule has 382 valence electrons. The predicted molar refractivity (Wildman–Crippen MR) is 264 cm³/mol. The van der Waals surface area contributed by atoms with Crippen molar-refractivity contribution in [1.29, 1.82) is 0 Å². The zero-order chi connectivity index (χ0) is 50.0. The zero-order valence-corrected chi connectivity index (χ0v) is 43.2. The van der Waals surface area contributed by atoms with Gasteiger partial charge in [-0.3, -0.25) is 34.2 Å². The maximum atomic E-state index is 14.5. The Morgan fingerprint density at radius 3 is 2.09 bits per heavy atom. The second-order valence-corrected chi connectivity index (χ2v) is 20.1. The maximum absolute atomic E-state index is 14.5. The molecule has 2 saturated heterocycles. The van der Waals surface area contributed by atoms with E-state index in [1.54, 1.807) is 31.1 Å². The average molecular weight is 943 g/mol. The lowest BCUT2D eigenvalue weighted by molar-refractivity contribution is -0.148. The molecule has 16 heteroatoms. The minimum Gasteiger partial charge on any atom is -0.379 e. The predicted octanol–water partition coefficient (Wildman–Crippen LogP) is 3.78. The van der Waals surface area contributed by atoms with Gasteiger partial charge in [0.1, 0.15) is 18.3 Å². The molecular formula is C51H90N8O8. The Balaban J connectivity index is 1.80. The number of methoxy groups -OCH3 is 2. The van der Waals surface area contributed by atoms with Gasteiger partial charge in [0, 0.05) is 46.8 Å². The first kappa shape index (κ1) is 57.6.